The van der Waals surface area contributed by atoms with E-state index in [2.05, 4.69) is 6.07 Å². The molecule has 5 nitrogen and oxygen atoms in total. The van der Waals surface area contributed by atoms with Crippen molar-refractivity contribution in [1.82, 2.24) is 0 Å². The molecule has 0 amide bonds. The van der Waals surface area contributed by atoms with Crippen LogP contribution >= 0.6 is 0 Å². The number of Topliss-reactive ketones (excluding diaryl/α,β-unsaturated/α-hetero) is 1. The van der Waals surface area contributed by atoms with E-state index in [4.69, 9.17) is 16.6 Å². The molecule has 0 bridgehead atoms. The van der Waals surface area contributed by atoms with E-state index in [1.165, 1.54) is 6.07 Å². The van der Waals surface area contributed by atoms with E-state index in [-0.39, 0.29) is 44.9 Å². The number of ketones is 1. The zero-order chi connectivity index (χ0) is 12.3. The SMILES string of the molecule is Cc1c[c-]cc(N)c1C(=O)CC(N)C(=O)O.[Y]. The molecule has 1 aromatic carbocycles. The Bertz CT molecular complexity index is 414. The molecule has 0 aliphatic heterocycles. The van der Waals surface area contributed by atoms with Gasteiger partial charge < -0.3 is 16.6 Å². The number of nitrogens with two attached hydrogens (primary N) is 2. The van der Waals surface area contributed by atoms with Crippen molar-refractivity contribution < 1.29 is 47.4 Å². The molecule has 89 valence electrons. The topological polar surface area (TPSA) is 106 Å². The number of aliphatic carboxylic acids is 1. The molecule has 0 aliphatic rings. The molecule has 1 unspecified atom stereocenters. The van der Waals surface area contributed by atoms with Crippen LogP contribution in [0.2, 0.25) is 0 Å². The minimum absolute atomic E-state index is 0. The maximum Gasteiger partial charge on any atom is 0.320 e. The Morgan fingerprint density at radius 1 is 1.47 bits per heavy atom. The van der Waals surface area contributed by atoms with Gasteiger partial charge in [0.25, 0.3) is 0 Å². The van der Waals surface area contributed by atoms with Gasteiger partial charge in [-0.1, -0.05) is 18.2 Å². The van der Waals surface area contributed by atoms with Gasteiger partial charge in [-0.2, -0.15) is 18.2 Å². The van der Waals surface area contributed by atoms with Crippen LogP contribution in [0.25, 0.3) is 0 Å². The van der Waals surface area contributed by atoms with E-state index < -0.39 is 12.0 Å². The monoisotopic (exact) mass is 310 g/mol. The van der Waals surface area contributed by atoms with Crippen LogP contribution in [0.5, 0.6) is 0 Å². The second kappa shape index (κ2) is 6.84. The van der Waals surface area contributed by atoms with E-state index in [1.54, 1.807) is 13.0 Å². The number of nitrogen functional groups attached to an aromatic ring is 1. The van der Waals surface area contributed by atoms with E-state index in [1.807, 2.05) is 0 Å². The van der Waals surface area contributed by atoms with E-state index in [0.29, 0.717) is 16.8 Å². The van der Waals surface area contributed by atoms with Crippen molar-refractivity contribution in [2.75, 3.05) is 5.73 Å². The minimum Gasteiger partial charge on any atom is -0.480 e. The number of carbonyl (C=O) groups excluding carboxylic acids is 1. The predicted molar refractivity (Wildman–Crippen MR) is 59.0 cm³/mol. The summed E-state index contributed by atoms with van der Waals surface area (Å²) in [6.07, 6.45) is -0.260. The molecular formula is C11H13N2O3Y-. The first-order chi connectivity index (χ1) is 7.43. The molecule has 0 aliphatic carbocycles. The number of carboxylic acid groups (broad SMARTS) is 1. The van der Waals surface area contributed by atoms with Gasteiger partial charge in [0, 0.05) is 39.1 Å². The first kappa shape index (κ1) is 16.2. The Morgan fingerprint density at radius 3 is 2.53 bits per heavy atom. The van der Waals surface area contributed by atoms with Crippen LogP contribution in [0.1, 0.15) is 22.3 Å². The molecule has 1 aromatic rings. The van der Waals surface area contributed by atoms with E-state index in [9.17, 15) is 9.59 Å². The number of aryl methyl sites for hydroxylation is 1. The summed E-state index contributed by atoms with van der Waals surface area (Å²) >= 11 is 0. The summed E-state index contributed by atoms with van der Waals surface area (Å²) in [6.45, 7) is 1.71. The van der Waals surface area contributed by atoms with Crippen LogP contribution in [-0.2, 0) is 37.5 Å². The second-order valence-corrected chi connectivity index (χ2v) is 3.54. The summed E-state index contributed by atoms with van der Waals surface area (Å²) in [5, 5.41) is 8.60. The van der Waals surface area contributed by atoms with Gasteiger partial charge in [0.2, 0.25) is 0 Å². The van der Waals surface area contributed by atoms with Crippen LogP contribution in [0.3, 0.4) is 0 Å². The van der Waals surface area contributed by atoms with Gasteiger partial charge in [0.15, 0.2) is 0 Å². The fourth-order valence-corrected chi connectivity index (χ4v) is 1.40. The largest absolute Gasteiger partial charge is 0.480 e. The van der Waals surface area contributed by atoms with Crippen molar-refractivity contribution in [2.45, 2.75) is 19.4 Å². The number of hydrogen-bond acceptors (Lipinski definition) is 4. The minimum atomic E-state index is -1.20. The number of rotatable bonds is 4. The molecular weight excluding hydrogens is 297 g/mol. The summed E-state index contributed by atoms with van der Waals surface area (Å²) in [5.41, 5.74) is 12.2. The second-order valence-electron chi connectivity index (χ2n) is 3.54. The molecule has 1 radical (unpaired) electrons. The van der Waals surface area contributed by atoms with Crippen molar-refractivity contribution in [3.05, 3.63) is 29.3 Å². The number of benzene rings is 1. The molecule has 0 fully saturated rings. The molecule has 6 heteroatoms. The van der Waals surface area contributed by atoms with Gasteiger partial charge >= 0.3 is 5.97 Å². The van der Waals surface area contributed by atoms with Gasteiger partial charge in [-0.15, -0.1) is 5.56 Å². The van der Waals surface area contributed by atoms with Gasteiger partial charge in [-0.3, -0.25) is 9.59 Å². The summed E-state index contributed by atoms with van der Waals surface area (Å²) < 4.78 is 0. The van der Waals surface area contributed by atoms with Crippen LogP contribution in [0.4, 0.5) is 5.69 Å². The van der Waals surface area contributed by atoms with Crippen molar-refractivity contribution in [3.8, 4) is 0 Å². The predicted octanol–water partition coefficient (Wildman–Crippen LogP) is 0.360. The molecule has 0 heterocycles. The Balaban J connectivity index is 0.00000256. The van der Waals surface area contributed by atoms with E-state index >= 15 is 0 Å². The van der Waals surface area contributed by atoms with Crippen LogP contribution in [0, 0.1) is 13.0 Å². The maximum atomic E-state index is 11.8. The number of carboxylic acids is 1. The normalized spacial score (nSPS) is 11.4. The zero-order valence-electron chi connectivity index (χ0n) is 9.43. The van der Waals surface area contributed by atoms with Crippen molar-refractivity contribution in [3.63, 3.8) is 0 Å². The summed E-state index contributed by atoms with van der Waals surface area (Å²) in [6, 6.07) is 4.68. The van der Waals surface area contributed by atoms with Gasteiger partial charge in [0.05, 0.1) is 0 Å². The van der Waals surface area contributed by atoms with Gasteiger partial charge in [-0.05, 0) is 0 Å². The molecule has 17 heavy (non-hydrogen) atoms. The number of carbonyl (C=O) groups is 2. The maximum absolute atomic E-state index is 11.8. The molecule has 0 saturated carbocycles. The third-order valence-corrected chi connectivity index (χ3v) is 2.22. The molecule has 0 spiro atoms. The number of anilines is 1. The standard InChI is InChI=1S/C11H13N2O3.Y/c1-6-3-2-4-7(12)10(6)9(14)5-8(13)11(15)16;/h3-4,8H,5,12-13H2,1H3,(H,15,16);/q-1;. The quantitative estimate of drug-likeness (QED) is 0.423. The van der Waals surface area contributed by atoms with Crippen molar-refractivity contribution in [1.29, 1.82) is 0 Å². The summed E-state index contributed by atoms with van der Waals surface area (Å²) in [7, 11) is 0. The smallest absolute Gasteiger partial charge is 0.320 e. The Labute approximate surface area is 124 Å². The summed E-state index contributed by atoms with van der Waals surface area (Å²) in [4.78, 5) is 22.3. The number of hydrogen-bond donors (Lipinski definition) is 3. The first-order valence-electron chi connectivity index (χ1n) is 4.71. The molecule has 5 N–H and O–H groups in total. The zero-order valence-corrected chi connectivity index (χ0v) is 12.3. The fourth-order valence-electron chi connectivity index (χ4n) is 1.40. The average molecular weight is 310 g/mol. The third kappa shape index (κ3) is 4.18. The molecule has 0 saturated heterocycles. The average Bonchev–Trinajstić information content (AvgIpc) is 2.16. The van der Waals surface area contributed by atoms with Crippen LogP contribution < -0.4 is 11.5 Å². The first-order valence-corrected chi connectivity index (χ1v) is 4.71. The van der Waals surface area contributed by atoms with Crippen LogP contribution in [0.15, 0.2) is 12.1 Å². The third-order valence-electron chi connectivity index (χ3n) is 2.22. The Kier molecular flexibility index (Phi) is 6.53. The van der Waals surface area contributed by atoms with Crippen molar-refractivity contribution >= 4 is 17.4 Å². The summed E-state index contributed by atoms with van der Waals surface area (Å²) in [5.74, 6) is -1.56. The van der Waals surface area contributed by atoms with Crippen molar-refractivity contribution in [2.24, 2.45) is 5.73 Å². The molecule has 0 aromatic heterocycles. The van der Waals surface area contributed by atoms with Gasteiger partial charge in [-0.25, -0.2) is 0 Å². The molecule has 1 atom stereocenters. The van der Waals surface area contributed by atoms with E-state index in [0.717, 1.165) is 0 Å². The Morgan fingerprint density at radius 2 is 2.06 bits per heavy atom. The van der Waals surface area contributed by atoms with Crippen LogP contribution in [-0.4, -0.2) is 22.9 Å². The Hall–Kier alpha value is -0.776. The fraction of sp³-hybridized carbons (Fsp3) is 0.273. The van der Waals surface area contributed by atoms with Gasteiger partial charge in [0.1, 0.15) is 11.8 Å². The molecule has 1 rings (SSSR count).